The molecule has 0 bridgehead atoms. The molecule has 0 heterocycles. The highest BCUT2D eigenvalue weighted by atomic mass is 32.2. The van der Waals surface area contributed by atoms with Crippen LogP contribution < -0.4 is 4.72 Å². The van der Waals surface area contributed by atoms with Gasteiger partial charge in [0.25, 0.3) is 0 Å². The minimum absolute atomic E-state index is 0.0470. The van der Waals surface area contributed by atoms with Crippen molar-refractivity contribution in [2.75, 3.05) is 19.5 Å². The van der Waals surface area contributed by atoms with E-state index in [2.05, 4.69) is 9.46 Å². The van der Waals surface area contributed by atoms with Gasteiger partial charge in [0, 0.05) is 7.11 Å². The first-order valence-electron chi connectivity index (χ1n) is 4.14. The Morgan fingerprint density at radius 1 is 1.57 bits per heavy atom. The fraction of sp³-hybridized carbons (Fsp3) is 0.857. The molecule has 0 fully saturated rings. The van der Waals surface area contributed by atoms with Crippen LogP contribution in [0.15, 0.2) is 0 Å². The molecule has 0 aromatic heterocycles. The molecule has 7 heteroatoms. The molecule has 0 spiro atoms. The van der Waals surface area contributed by atoms with Crippen molar-refractivity contribution in [1.82, 2.24) is 4.72 Å². The van der Waals surface area contributed by atoms with Gasteiger partial charge in [-0.1, -0.05) is 6.92 Å². The summed E-state index contributed by atoms with van der Waals surface area (Å²) in [7, 11) is -2.18. The molecule has 0 rings (SSSR count). The summed E-state index contributed by atoms with van der Waals surface area (Å²) in [4.78, 5) is 10.5. The number of carboxylic acid groups (broad SMARTS) is 1. The van der Waals surface area contributed by atoms with Gasteiger partial charge < -0.3 is 9.84 Å². The van der Waals surface area contributed by atoms with Gasteiger partial charge >= 0.3 is 5.97 Å². The van der Waals surface area contributed by atoms with Crippen molar-refractivity contribution in [2.45, 2.75) is 19.4 Å². The van der Waals surface area contributed by atoms with Crippen LogP contribution in [0.3, 0.4) is 0 Å². The lowest BCUT2D eigenvalue weighted by molar-refractivity contribution is -0.139. The summed E-state index contributed by atoms with van der Waals surface area (Å²) in [6.45, 7) is 1.64. The van der Waals surface area contributed by atoms with Crippen molar-refractivity contribution in [2.24, 2.45) is 0 Å². The van der Waals surface area contributed by atoms with Crippen LogP contribution in [0.5, 0.6) is 0 Å². The van der Waals surface area contributed by atoms with E-state index in [9.17, 15) is 13.2 Å². The Morgan fingerprint density at radius 2 is 2.14 bits per heavy atom. The minimum atomic E-state index is -3.56. The van der Waals surface area contributed by atoms with E-state index < -0.39 is 22.0 Å². The molecule has 1 atom stereocenters. The van der Waals surface area contributed by atoms with Crippen molar-refractivity contribution in [3.8, 4) is 0 Å². The van der Waals surface area contributed by atoms with E-state index in [-0.39, 0.29) is 18.8 Å². The number of nitrogens with one attached hydrogen (secondary N) is 1. The van der Waals surface area contributed by atoms with E-state index in [1.807, 2.05) is 0 Å². The zero-order chi connectivity index (χ0) is 11.2. The molecule has 0 saturated carbocycles. The second-order valence-electron chi connectivity index (χ2n) is 2.73. The van der Waals surface area contributed by atoms with E-state index in [1.165, 1.54) is 7.11 Å². The van der Waals surface area contributed by atoms with Gasteiger partial charge in [0.2, 0.25) is 10.0 Å². The first-order valence-corrected chi connectivity index (χ1v) is 5.80. The molecular weight excluding hydrogens is 210 g/mol. The Morgan fingerprint density at radius 3 is 2.50 bits per heavy atom. The van der Waals surface area contributed by atoms with Crippen LogP contribution >= 0.6 is 0 Å². The average Bonchev–Trinajstić information content (AvgIpc) is 2.10. The van der Waals surface area contributed by atoms with Crippen molar-refractivity contribution in [3.05, 3.63) is 0 Å². The highest BCUT2D eigenvalue weighted by Gasteiger charge is 2.21. The molecule has 6 nitrogen and oxygen atoms in total. The Balaban J connectivity index is 4.26. The normalized spacial score (nSPS) is 13.9. The standard InChI is InChI=1S/C7H15NO5S/c1-3-6(7(9)10)8-14(11,12)5-4-13-2/h6,8H,3-5H2,1-2H3,(H,9,10)/t6-/m0/s1. The first-order chi connectivity index (χ1) is 6.43. The molecule has 0 aromatic rings. The van der Waals surface area contributed by atoms with E-state index in [1.54, 1.807) is 6.92 Å². The number of sulfonamides is 1. The molecule has 0 aromatic carbocycles. The van der Waals surface area contributed by atoms with Crippen LogP contribution in [0, 0.1) is 0 Å². The molecule has 84 valence electrons. The quantitative estimate of drug-likeness (QED) is 0.604. The Bertz CT molecular complexity index is 274. The lowest BCUT2D eigenvalue weighted by atomic mass is 10.2. The van der Waals surface area contributed by atoms with Crippen LogP contribution in [-0.2, 0) is 19.6 Å². The number of carbonyl (C=O) groups is 1. The number of hydrogen-bond acceptors (Lipinski definition) is 4. The van der Waals surface area contributed by atoms with E-state index in [0.717, 1.165) is 0 Å². The smallest absolute Gasteiger partial charge is 0.321 e. The third-order valence-corrected chi connectivity index (χ3v) is 2.93. The largest absolute Gasteiger partial charge is 0.480 e. The summed E-state index contributed by atoms with van der Waals surface area (Å²) in [5.74, 6) is -1.40. The second kappa shape index (κ2) is 5.94. The fourth-order valence-corrected chi connectivity index (χ4v) is 1.98. The van der Waals surface area contributed by atoms with Crippen molar-refractivity contribution < 1.29 is 23.1 Å². The molecule has 2 N–H and O–H groups in total. The highest BCUT2D eigenvalue weighted by molar-refractivity contribution is 7.89. The monoisotopic (exact) mass is 225 g/mol. The van der Waals surface area contributed by atoms with Gasteiger partial charge in [-0.15, -0.1) is 0 Å². The maximum atomic E-state index is 11.2. The summed E-state index contributed by atoms with van der Waals surface area (Å²) >= 11 is 0. The van der Waals surface area contributed by atoms with Crippen molar-refractivity contribution in [1.29, 1.82) is 0 Å². The Labute approximate surface area is 83.3 Å². The topological polar surface area (TPSA) is 92.7 Å². The molecular formula is C7H15NO5S. The van der Waals surface area contributed by atoms with Crippen LogP contribution in [0.1, 0.15) is 13.3 Å². The van der Waals surface area contributed by atoms with Gasteiger partial charge in [0.1, 0.15) is 6.04 Å². The van der Waals surface area contributed by atoms with E-state index in [4.69, 9.17) is 5.11 Å². The molecule has 0 amide bonds. The zero-order valence-corrected chi connectivity index (χ0v) is 9.00. The molecule has 14 heavy (non-hydrogen) atoms. The Kier molecular flexibility index (Phi) is 5.66. The summed E-state index contributed by atoms with van der Waals surface area (Å²) < 4.78 is 29.1. The third-order valence-electron chi connectivity index (χ3n) is 1.58. The van der Waals surface area contributed by atoms with Gasteiger partial charge in [0.15, 0.2) is 0 Å². The fourth-order valence-electron chi connectivity index (χ4n) is 0.777. The number of methoxy groups -OCH3 is 1. The maximum Gasteiger partial charge on any atom is 0.321 e. The van der Waals surface area contributed by atoms with Crippen LogP contribution in [0.2, 0.25) is 0 Å². The predicted octanol–water partition coefficient (Wildman–Crippen LogP) is -0.585. The lowest BCUT2D eigenvalue weighted by Crippen LogP contribution is -2.41. The molecule has 0 radical (unpaired) electrons. The van der Waals surface area contributed by atoms with Gasteiger partial charge in [-0.2, -0.15) is 0 Å². The molecule has 0 aliphatic heterocycles. The highest BCUT2D eigenvalue weighted by Crippen LogP contribution is 1.95. The molecule has 0 aliphatic carbocycles. The van der Waals surface area contributed by atoms with Gasteiger partial charge in [-0.05, 0) is 6.42 Å². The molecule has 0 saturated heterocycles. The summed E-state index contributed by atoms with van der Waals surface area (Å²) in [6.07, 6.45) is 0.210. The number of aliphatic carboxylic acids is 1. The summed E-state index contributed by atoms with van der Waals surface area (Å²) in [6, 6.07) is -1.06. The third kappa shape index (κ3) is 5.15. The van der Waals surface area contributed by atoms with E-state index >= 15 is 0 Å². The lowest BCUT2D eigenvalue weighted by Gasteiger charge is -2.12. The van der Waals surface area contributed by atoms with Crippen molar-refractivity contribution in [3.63, 3.8) is 0 Å². The zero-order valence-electron chi connectivity index (χ0n) is 8.19. The van der Waals surface area contributed by atoms with Crippen molar-refractivity contribution >= 4 is 16.0 Å². The number of carboxylic acids is 1. The van der Waals surface area contributed by atoms with Crippen LogP contribution in [0.25, 0.3) is 0 Å². The number of ether oxygens (including phenoxy) is 1. The SMILES string of the molecule is CC[C@H](NS(=O)(=O)CCOC)C(=O)O. The molecule has 0 aliphatic rings. The minimum Gasteiger partial charge on any atom is -0.480 e. The van der Waals surface area contributed by atoms with Gasteiger partial charge in [-0.25, -0.2) is 13.1 Å². The van der Waals surface area contributed by atoms with Gasteiger partial charge in [-0.3, -0.25) is 4.79 Å². The maximum absolute atomic E-state index is 11.2. The number of rotatable bonds is 7. The summed E-state index contributed by atoms with van der Waals surface area (Å²) in [5.41, 5.74) is 0. The predicted molar refractivity (Wildman–Crippen MR) is 50.5 cm³/mol. The van der Waals surface area contributed by atoms with Crippen LogP contribution in [-0.4, -0.2) is 45.0 Å². The first kappa shape index (κ1) is 13.3. The van der Waals surface area contributed by atoms with Gasteiger partial charge in [0.05, 0.1) is 12.4 Å². The Hall–Kier alpha value is -0.660. The van der Waals surface area contributed by atoms with E-state index in [0.29, 0.717) is 0 Å². The summed E-state index contributed by atoms with van der Waals surface area (Å²) in [5, 5.41) is 8.60. The van der Waals surface area contributed by atoms with Crippen LogP contribution in [0.4, 0.5) is 0 Å². The molecule has 0 unspecified atom stereocenters. The second-order valence-corrected chi connectivity index (χ2v) is 4.60. The average molecular weight is 225 g/mol. The number of hydrogen-bond donors (Lipinski definition) is 2.